The minimum Gasteiger partial charge on any atom is -0.437 e. The van der Waals surface area contributed by atoms with Crippen LogP contribution in [-0.4, -0.2) is 9.97 Å². The van der Waals surface area contributed by atoms with E-state index >= 15 is 0 Å². The number of para-hydroxylation sites is 1. The van der Waals surface area contributed by atoms with Crippen LogP contribution in [0.3, 0.4) is 0 Å². The van der Waals surface area contributed by atoms with Crippen LogP contribution in [0.4, 0.5) is 0 Å². The molecule has 0 aliphatic heterocycles. The van der Waals surface area contributed by atoms with Gasteiger partial charge in [-0.15, -0.1) is 0 Å². The predicted molar refractivity (Wildman–Crippen MR) is 113 cm³/mol. The van der Waals surface area contributed by atoms with Gasteiger partial charge in [0.1, 0.15) is 5.58 Å². The summed E-state index contributed by atoms with van der Waals surface area (Å²) >= 11 is 0. The first-order valence-corrected chi connectivity index (χ1v) is 9.51. The summed E-state index contributed by atoms with van der Waals surface area (Å²) in [6.45, 7) is 4.20. The highest BCUT2D eigenvalue weighted by Gasteiger charge is 2.15. The number of hydrogen-bond donors (Lipinski definition) is 0. The number of benzene rings is 2. The number of aromatic nitrogens is 2. The topological polar surface area (TPSA) is 38.9 Å². The van der Waals surface area contributed by atoms with Crippen molar-refractivity contribution in [1.29, 1.82) is 0 Å². The Morgan fingerprint density at radius 1 is 0.821 bits per heavy atom. The average Bonchev–Trinajstić information content (AvgIpc) is 3.11. The van der Waals surface area contributed by atoms with Crippen molar-refractivity contribution in [2.45, 2.75) is 19.8 Å². The van der Waals surface area contributed by atoms with Gasteiger partial charge in [0.2, 0.25) is 5.71 Å². The summed E-state index contributed by atoms with van der Waals surface area (Å²) in [5.74, 6) is 0.294. The van der Waals surface area contributed by atoms with E-state index in [4.69, 9.17) is 4.42 Å². The molecular formula is C25H20N2O. The number of aryl methyl sites for hydroxylation is 1. The molecule has 28 heavy (non-hydrogen) atoms. The van der Waals surface area contributed by atoms with Crippen LogP contribution in [0, 0.1) is 6.92 Å². The molecule has 0 fully saturated rings. The molecule has 136 valence electrons. The number of pyridine rings is 2. The van der Waals surface area contributed by atoms with E-state index in [9.17, 15) is 0 Å². The maximum atomic E-state index is 6.15. The molecule has 5 aromatic rings. The zero-order valence-corrected chi connectivity index (χ0v) is 15.9. The number of hydrogen-bond acceptors (Lipinski definition) is 3. The molecule has 0 radical (unpaired) electrons. The zero-order chi connectivity index (χ0) is 19.1. The molecule has 5 rings (SSSR count). The second-order valence-corrected chi connectivity index (χ2v) is 7.20. The third kappa shape index (κ3) is 2.76. The van der Waals surface area contributed by atoms with Gasteiger partial charge >= 0.3 is 0 Å². The van der Waals surface area contributed by atoms with Crippen molar-refractivity contribution in [3.63, 3.8) is 0 Å². The van der Waals surface area contributed by atoms with Gasteiger partial charge in [-0.1, -0.05) is 49.4 Å². The van der Waals surface area contributed by atoms with E-state index in [0.29, 0.717) is 11.6 Å². The predicted octanol–water partition coefficient (Wildman–Crippen LogP) is 6.50. The van der Waals surface area contributed by atoms with Crippen molar-refractivity contribution in [2.24, 2.45) is 0 Å². The summed E-state index contributed by atoms with van der Waals surface area (Å²) in [5, 5.41) is 2.11. The summed E-state index contributed by atoms with van der Waals surface area (Å²) in [4.78, 5) is 9.19. The van der Waals surface area contributed by atoms with Gasteiger partial charge in [-0.25, -0.2) is 4.98 Å². The van der Waals surface area contributed by atoms with Crippen LogP contribution in [0.15, 0.2) is 83.4 Å². The minimum absolute atomic E-state index is 0.294. The molecular weight excluding hydrogens is 344 g/mol. The maximum Gasteiger partial charge on any atom is 0.227 e. The van der Waals surface area contributed by atoms with E-state index in [0.717, 1.165) is 33.3 Å². The van der Waals surface area contributed by atoms with E-state index in [-0.39, 0.29) is 0 Å². The van der Waals surface area contributed by atoms with Gasteiger partial charge in [0, 0.05) is 34.1 Å². The molecule has 0 spiro atoms. The van der Waals surface area contributed by atoms with Gasteiger partial charge < -0.3 is 4.42 Å². The molecule has 3 nitrogen and oxygen atoms in total. The highest BCUT2D eigenvalue weighted by atomic mass is 16.3. The zero-order valence-electron chi connectivity index (χ0n) is 15.9. The quantitative estimate of drug-likeness (QED) is 0.367. The number of nitrogens with zero attached hydrogens (tertiary/aromatic N) is 2. The van der Waals surface area contributed by atoms with Crippen LogP contribution < -0.4 is 0 Å². The number of rotatable bonds is 3. The average molecular weight is 364 g/mol. The van der Waals surface area contributed by atoms with Crippen LogP contribution in [0.1, 0.15) is 29.7 Å². The minimum atomic E-state index is 0.294. The summed E-state index contributed by atoms with van der Waals surface area (Å²) in [7, 11) is 0. The molecule has 0 aliphatic carbocycles. The van der Waals surface area contributed by atoms with Gasteiger partial charge in [0.25, 0.3) is 0 Å². The second kappa shape index (κ2) is 6.61. The van der Waals surface area contributed by atoms with Crippen LogP contribution in [0.2, 0.25) is 0 Å². The molecule has 0 N–H and O–H groups in total. The van der Waals surface area contributed by atoms with Crippen LogP contribution >= 0.6 is 0 Å². The summed E-state index contributed by atoms with van der Waals surface area (Å²) < 4.78 is 6.15. The Morgan fingerprint density at radius 3 is 2.54 bits per heavy atom. The number of fused-ring (bicyclic) bond motifs is 3. The van der Waals surface area contributed by atoms with E-state index in [1.54, 1.807) is 0 Å². The molecule has 0 aliphatic rings. The molecule has 3 heterocycles. The van der Waals surface area contributed by atoms with Gasteiger partial charge in [-0.2, -0.15) is 0 Å². The molecule has 0 saturated carbocycles. The molecule has 0 bridgehead atoms. The fourth-order valence-corrected chi connectivity index (χ4v) is 3.77. The lowest BCUT2D eigenvalue weighted by Crippen LogP contribution is -1.97. The van der Waals surface area contributed by atoms with E-state index in [1.807, 2.05) is 25.3 Å². The lowest BCUT2D eigenvalue weighted by atomic mass is 9.92. The van der Waals surface area contributed by atoms with Crippen molar-refractivity contribution in [3.8, 4) is 11.3 Å². The molecule has 3 aromatic heterocycles. The van der Waals surface area contributed by atoms with Crippen molar-refractivity contribution < 1.29 is 4.42 Å². The van der Waals surface area contributed by atoms with Gasteiger partial charge in [0.15, 0.2) is 0 Å². The van der Waals surface area contributed by atoms with E-state index in [1.165, 1.54) is 11.1 Å². The van der Waals surface area contributed by atoms with Crippen molar-refractivity contribution in [2.75, 3.05) is 0 Å². The van der Waals surface area contributed by atoms with Gasteiger partial charge in [-0.05, 0) is 48.4 Å². The fourth-order valence-electron chi connectivity index (χ4n) is 3.77. The van der Waals surface area contributed by atoms with Crippen molar-refractivity contribution >= 4 is 22.1 Å². The molecule has 2 aromatic carbocycles. The molecule has 0 amide bonds. The Hall–Kier alpha value is -3.46. The van der Waals surface area contributed by atoms with Crippen LogP contribution in [-0.2, 0) is 0 Å². The Labute approximate surface area is 163 Å². The Balaban J connectivity index is 1.65. The number of furan rings is 1. The highest BCUT2D eigenvalue weighted by molar-refractivity contribution is 6.08. The highest BCUT2D eigenvalue weighted by Crippen LogP contribution is 2.35. The SMILES string of the molecule is Cc1ccc2c(n1)oc1c(-c3cc(C(C)c4ccccc4)ccn3)cccc12. The molecule has 1 atom stereocenters. The van der Waals surface area contributed by atoms with E-state index in [2.05, 4.69) is 77.6 Å². The molecule has 3 heteroatoms. The molecule has 0 saturated heterocycles. The fraction of sp³-hybridized carbons (Fsp3) is 0.120. The lowest BCUT2D eigenvalue weighted by Gasteiger charge is -2.13. The first kappa shape index (κ1) is 16.7. The standard InChI is InChI=1S/C25H20N2O/c1-16-11-12-21-20-9-6-10-22(24(20)28-25(21)27-16)23-15-19(13-14-26-23)17(2)18-7-4-3-5-8-18/h3-15,17H,1-2H3. The largest absolute Gasteiger partial charge is 0.437 e. The van der Waals surface area contributed by atoms with Crippen LogP contribution in [0.5, 0.6) is 0 Å². The summed E-state index contributed by atoms with van der Waals surface area (Å²) in [5.41, 5.74) is 6.91. The normalized spacial score (nSPS) is 12.5. The Morgan fingerprint density at radius 2 is 1.68 bits per heavy atom. The van der Waals surface area contributed by atoms with Crippen molar-refractivity contribution in [1.82, 2.24) is 9.97 Å². The maximum absolute atomic E-state index is 6.15. The second-order valence-electron chi connectivity index (χ2n) is 7.20. The molecule has 1 unspecified atom stereocenters. The monoisotopic (exact) mass is 364 g/mol. The van der Waals surface area contributed by atoms with E-state index < -0.39 is 0 Å². The summed E-state index contributed by atoms with van der Waals surface area (Å²) in [6.07, 6.45) is 1.88. The Kier molecular flexibility index (Phi) is 3.94. The first-order chi connectivity index (χ1) is 13.7. The first-order valence-electron chi connectivity index (χ1n) is 9.51. The van der Waals surface area contributed by atoms with Crippen molar-refractivity contribution in [3.05, 3.63) is 95.8 Å². The Bertz CT molecular complexity index is 1290. The lowest BCUT2D eigenvalue weighted by molar-refractivity contribution is 0.653. The van der Waals surface area contributed by atoms with Gasteiger partial charge in [-0.3, -0.25) is 4.98 Å². The third-order valence-electron chi connectivity index (χ3n) is 5.36. The smallest absolute Gasteiger partial charge is 0.227 e. The van der Waals surface area contributed by atoms with Crippen LogP contribution in [0.25, 0.3) is 33.3 Å². The third-order valence-corrected chi connectivity index (χ3v) is 5.36. The summed E-state index contributed by atoms with van der Waals surface area (Å²) in [6, 6.07) is 25.1. The van der Waals surface area contributed by atoms with Gasteiger partial charge in [0.05, 0.1) is 5.69 Å².